The number of ether oxygens (including phenoxy) is 1. The van der Waals surface area contributed by atoms with E-state index in [4.69, 9.17) is 4.74 Å². The number of carbonyl (C=O) groups is 1. The number of para-hydroxylation sites is 1. The zero-order valence-electron chi connectivity index (χ0n) is 22.1. The number of likely N-dealkylation sites (N-methyl/N-ethyl adjacent to an activating group) is 1. The molecule has 1 aromatic heterocycles. The summed E-state index contributed by atoms with van der Waals surface area (Å²) in [6, 6.07) is 21.5. The lowest BCUT2D eigenvalue weighted by Crippen LogP contribution is -2.44. The molecule has 2 aliphatic heterocycles. The molecule has 0 radical (unpaired) electrons. The van der Waals surface area contributed by atoms with Gasteiger partial charge in [-0.1, -0.05) is 18.2 Å². The third kappa shape index (κ3) is 4.63. The minimum atomic E-state index is -4.09. The van der Waals surface area contributed by atoms with E-state index in [9.17, 15) is 13.2 Å². The second kappa shape index (κ2) is 10.2. The van der Waals surface area contributed by atoms with Crippen molar-refractivity contribution in [2.75, 3.05) is 54.9 Å². The summed E-state index contributed by atoms with van der Waals surface area (Å²) < 4.78 is 33.9. The van der Waals surface area contributed by atoms with Gasteiger partial charge in [0, 0.05) is 43.1 Å². The third-order valence-electron chi connectivity index (χ3n) is 7.15. The summed E-state index contributed by atoms with van der Waals surface area (Å²) in [5, 5.41) is 3.20. The Bertz CT molecular complexity index is 1670. The molecule has 3 heterocycles. The fourth-order valence-electron chi connectivity index (χ4n) is 4.98. The molecule has 11 heteroatoms. The Morgan fingerprint density at radius 3 is 2.35 bits per heavy atom. The van der Waals surface area contributed by atoms with Crippen LogP contribution in [0.5, 0.6) is 0 Å². The van der Waals surface area contributed by atoms with E-state index < -0.39 is 16.0 Å². The zero-order chi connectivity index (χ0) is 27.9. The first-order chi connectivity index (χ1) is 19.3. The molecule has 0 bridgehead atoms. The van der Waals surface area contributed by atoms with Crippen LogP contribution >= 0.6 is 0 Å². The molecule has 0 aliphatic carbocycles. The van der Waals surface area contributed by atoms with Crippen LogP contribution in [0.3, 0.4) is 0 Å². The van der Waals surface area contributed by atoms with E-state index in [1.54, 1.807) is 42.5 Å². The topological polar surface area (TPSA) is 108 Å². The Labute approximate surface area is 232 Å². The fraction of sp³-hybridized carbons (Fsp3) is 0.207. The first-order valence-corrected chi connectivity index (χ1v) is 14.3. The van der Waals surface area contributed by atoms with E-state index in [2.05, 4.69) is 44.3 Å². The van der Waals surface area contributed by atoms with Gasteiger partial charge in [0.25, 0.3) is 10.0 Å². The summed E-state index contributed by atoms with van der Waals surface area (Å²) in [7, 11) is -0.678. The molecule has 1 N–H and O–H groups in total. The van der Waals surface area contributed by atoms with Gasteiger partial charge in [-0.05, 0) is 61.6 Å². The molecule has 2 aliphatic rings. The van der Waals surface area contributed by atoms with Crippen molar-refractivity contribution in [1.82, 2.24) is 14.9 Å². The Hall–Kier alpha value is -4.48. The van der Waals surface area contributed by atoms with Gasteiger partial charge in [-0.3, -0.25) is 0 Å². The number of nitrogens with zero attached hydrogens (tertiary/aromatic N) is 5. The van der Waals surface area contributed by atoms with Gasteiger partial charge in [0.15, 0.2) is 0 Å². The molecule has 40 heavy (non-hydrogen) atoms. The van der Waals surface area contributed by atoms with Gasteiger partial charge in [0.2, 0.25) is 5.95 Å². The Kier molecular flexibility index (Phi) is 6.60. The number of sulfonamides is 1. The van der Waals surface area contributed by atoms with E-state index in [0.29, 0.717) is 16.9 Å². The minimum Gasteiger partial charge on any atom is -0.465 e. The van der Waals surface area contributed by atoms with Crippen molar-refractivity contribution in [3.8, 4) is 11.3 Å². The van der Waals surface area contributed by atoms with Gasteiger partial charge in [-0.25, -0.2) is 27.5 Å². The van der Waals surface area contributed by atoms with Crippen LogP contribution in [0.1, 0.15) is 10.4 Å². The quantitative estimate of drug-likeness (QED) is 0.361. The summed E-state index contributed by atoms with van der Waals surface area (Å²) in [6.45, 7) is 4.00. The maximum atomic E-state index is 13.9. The van der Waals surface area contributed by atoms with Crippen LogP contribution in [0.25, 0.3) is 11.3 Å². The summed E-state index contributed by atoms with van der Waals surface area (Å²) in [5.41, 5.74) is 3.70. The van der Waals surface area contributed by atoms with Gasteiger partial charge >= 0.3 is 5.97 Å². The number of carbonyl (C=O) groups excluding carboxylic acids is 1. The van der Waals surface area contributed by atoms with Crippen molar-refractivity contribution < 1.29 is 17.9 Å². The number of esters is 1. The van der Waals surface area contributed by atoms with Crippen molar-refractivity contribution in [2.24, 2.45) is 0 Å². The molecule has 0 unspecified atom stereocenters. The maximum absolute atomic E-state index is 13.9. The van der Waals surface area contributed by atoms with Crippen molar-refractivity contribution in [3.63, 3.8) is 0 Å². The van der Waals surface area contributed by atoms with E-state index in [-0.39, 0.29) is 22.1 Å². The Morgan fingerprint density at radius 2 is 1.65 bits per heavy atom. The molecule has 1 saturated heterocycles. The van der Waals surface area contributed by atoms with E-state index >= 15 is 0 Å². The molecular formula is C29H28N6O4S. The second-order valence-electron chi connectivity index (χ2n) is 9.70. The molecule has 204 valence electrons. The average Bonchev–Trinajstić information content (AvgIpc) is 2.98. The van der Waals surface area contributed by atoms with Crippen LogP contribution < -0.4 is 14.5 Å². The monoisotopic (exact) mass is 556 g/mol. The smallest absolute Gasteiger partial charge is 0.337 e. The zero-order valence-corrected chi connectivity index (χ0v) is 22.9. The van der Waals surface area contributed by atoms with E-state index in [1.165, 1.54) is 23.7 Å². The predicted molar refractivity (Wildman–Crippen MR) is 154 cm³/mol. The molecule has 3 aromatic carbocycles. The van der Waals surface area contributed by atoms with Crippen molar-refractivity contribution in [2.45, 2.75) is 4.90 Å². The van der Waals surface area contributed by atoms with Gasteiger partial charge < -0.3 is 19.9 Å². The van der Waals surface area contributed by atoms with Crippen LogP contribution in [-0.4, -0.2) is 69.6 Å². The SMILES string of the molecule is COC(=O)c1ccc2c(c1)N(c1ccccc1)S(=O)(=O)c1cnc(Nc3ccc(N4CCN(C)CC4)cc3)nc1-2. The van der Waals surface area contributed by atoms with E-state index in [0.717, 1.165) is 37.6 Å². The number of methoxy groups -OCH3 is 1. The van der Waals surface area contributed by atoms with Crippen molar-refractivity contribution in [1.29, 1.82) is 0 Å². The Morgan fingerprint density at radius 1 is 0.925 bits per heavy atom. The number of anilines is 5. The number of rotatable bonds is 5. The van der Waals surface area contributed by atoms with Crippen molar-refractivity contribution >= 4 is 44.7 Å². The number of benzene rings is 3. The largest absolute Gasteiger partial charge is 0.465 e. The highest BCUT2D eigenvalue weighted by Gasteiger charge is 2.38. The number of fused-ring (bicyclic) bond motifs is 3. The Balaban J connectivity index is 1.37. The van der Waals surface area contributed by atoms with E-state index in [1.807, 2.05) is 12.1 Å². The summed E-state index contributed by atoms with van der Waals surface area (Å²) >= 11 is 0. The molecule has 6 rings (SSSR count). The second-order valence-corrected chi connectivity index (χ2v) is 11.5. The number of piperazine rings is 1. The van der Waals surface area contributed by atoms with Crippen LogP contribution in [0.15, 0.2) is 83.9 Å². The highest BCUT2D eigenvalue weighted by molar-refractivity contribution is 7.93. The molecule has 0 atom stereocenters. The molecule has 0 amide bonds. The average molecular weight is 557 g/mol. The number of hydrogen-bond acceptors (Lipinski definition) is 9. The first kappa shape index (κ1) is 25.8. The normalized spacial score (nSPS) is 16.1. The standard InChI is InChI=1S/C29H28N6O4S/c1-33-14-16-34(17-15-33)22-11-9-21(10-12-22)31-29-30-19-26-27(32-29)24-13-8-20(28(36)39-2)18-25(24)35(40(26,37)38)23-6-4-3-5-7-23/h3-13,18-19H,14-17H2,1-2H3,(H,30,31,32). The first-order valence-electron chi connectivity index (χ1n) is 12.9. The lowest BCUT2D eigenvalue weighted by atomic mass is 10.0. The van der Waals surface area contributed by atoms with Crippen LogP contribution in [-0.2, 0) is 14.8 Å². The lowest BCUT2D eigenvalue weighted by molar-refractivity contribution is 0.0600. The van der Waals surface area contributed by atoms with Crippen LogP contribution in [0.2, 0.25) is 0 Å². The lowest BCUT2D eigenvalue weighted by Gasteiger charge is -2.34. The van der Waals surface area contributed by atoms with Gasteiger partial charge in [0.1, 0.15) is 4.90 Å². The summed E-state index contributed by atoms with van der Waals surface area (Å²) in [6.07, 6.45) is 1.33. The van der Waals surface area contributed by atoms with Crippen LogP contribution in [0, 0.1) is 0 Å². The molecule has 0 spiro atoms. The minimum absolute atomic E-state index is 0.0226. The van der Waals surface area contributed by atoms with Gasteiger partial charge in [-0.15, -0.1) is 0 Å². The summed E-state index contributed by atoms with van der Waals surface area (Å²) in [5.74, 6) is -0.304. The number of nitrogens with one attached hydrogen (secondary N) is 1. The number of aromatic nitrogens is 2. The molecular weight excluding hydrogens is 528 g/mol. The molecule has 4 aromatic rings. The van der Waals surface area contributed by atoms with Gasteiger partial charge in [-0.2, -0.15) is 0 Å². The third-order valence-corrected chi connectivity index (χ3v) is 8.89. The fourth-order valence-corrected chi connectivity index (χ4v) is 6.57. The predicted octanol–water partition coefficient (Wildman–Crippen LogP) is 4.27. The van der Waals surface area contributed by atoms with Gasteiger partial charge in [0.05, 0.1) is 35.9 Å². The maximum Gasteiger partial charge on any atom is 0.337 e. The van der Waals surface area contributed by atoms with Crippen LogP contribution in [0.4, 0.5) is 28.7 Å². The number of hydrogen-bond donors (Lipinski definition) is 1. The summed E-state index contributed by atoms with van der Waals surface area (Å²) in [4.78, 5) is 25.9. The highest BCUT2D eigenvalue weighted by Crippen LogP contribution is 2.46. The molecule has 10 nitrogen and oxygen atoms in total. The molecule has 1 fully saturated rings. The van der Waals surface area contributed by atoms with Crippen molar-refractivity contribution in [3.05, 3.63) is 84.6 Å². The highest BCUT2D eigenvalue weighted by atomic mass is 32.2. The molecule has 0 saturated carbocycles.